The summed E-state index contributed by atoms with van der Waals surface area (Å²) in [5.74, 6) is 12.1. The van der Waals surface area contributed by atoms with Crippen LogP contribution in [-0.2, 0) is 0 Å². The molecule has 0 fully saturated rings. The molecule has 0 saturated carbocycles. The predicted molar refractivity (Wildman–Crippen MR) is 95.5 cm³/mol. The van der Waals surface area contributed by atoms with Crippen molar-refractivity contribution in [3.63, 3.8) is 0 Å². The Morgan fingerprint density at radius 3 is 2.68 bits per heavy atom. The molecule has 0 radical (unpaired) electrons. The molecular weight excluding hydrogens is 346 g/mol. The Bertz CT molecular complexity index is 962. The number of nitrogen functional groups attached to an aromatic ring is 2. The van der Waals surface area contributed by atoms with Crippen LogP contribution in [0, 0.1) is 12.3 Å². The van der Waals surface area contributed by atoms with Gasteiger partial charge in [-0.05, 0) is 18.2 Å². The number of nitrogens with zero attached hydrogens (tertiary/aromatic N) is 3. The minimum absolute atomic E-state index is 0.00193. The van der Waals surface area contributed by atoms with E-state index in [0.29, 0.717) is 5.56 Å². The van der Waals surface area contributed by atoms with E-state index < -0.39 is 5.91 Å². The summed E-state index contributed by atoms with van der Waals surface area (Å²) in [5, 5.41) is 19.6. The Kier molecular flexibility index (Phi) is 4.86. The SMILES string of the molecule is C#Cc1cc(NC(=O)c2cc(N)/c(=N/N)n(N)n2)c(C(=C)O)cc1Cl. The number of nitrogens with two attached hydrogens (primary N) is 3. The molecule has 0 spiro atoms. The molecule has 0 bridgehead atoms. The van der Waals surface area contributed by atoms with Gasteiger partial charge in [0.05, 0.1) is 16.4 Å². The highest BCUT2D eigenvalue weighted by molar-refractivity contribution is 6.32. The highest BCUT2D eigenvalue weighted by atomic mass is 35.5. The lowest BCUT2D eigenvalue weighted by atomic mass is 10.1. The first-order valence-electron chi connectivity index (χ1n) is 6.67. The third-order valence-corrected chi connectivity index (χ3v) is 3.47. The van der Waals surface area contributed by atoms with Crippen LogP contribution in [0.1, 0.15) is 21.6 Å². The normalized spacial score (nSPS) is 11.0. The first-order chi connectivity index (χ1) is 11.8. The summed E-state index contributed by atoms with van der Waals surface area (Å²) in [6, 6.07) is 4.05. The van der Waals surface area contributed by atoms with Gasteiger partial charge < -0.3 is 27.8 Å². The van der Waals surface area contributed by atoms with Crippen LogP contribution in [0.5, 0.6) is 0 Å². The minimum atomic E-state index is -0.665. The number of aliphatic hydroxyl groups is 1. The van der Waals surface area contributed by atoms with Crippen molar-refractivity contribution in [3.8, 4) is 12.3 Å². The lowest BCUT2D eigenvalue weighted by molar-refractivity contribution is 0.102. The van der Waals surface area contributed by atoms with Gasteiger partial charge in [0, 0.05) is 11.1 Å². The second kappa shape index (κ2) is 6.86. The largest absolute Gasteiger partial charge is 0.508 e. The van der Waals surface area contributed by atoms with Gasteiger partial charge in [0.15, 0.2) is 5.69 Å². The van der Waals surface area contributed by atoms with Crippen molar-refractivity contribution in [2.45, 2.75) is 0 Å². The van der Waals surface area contributed by atoms with Gasteiger partial charge in [0.1, 0.15) is 5.76 Å². The molecule has 1 heterocycles. The number of carbonyl (C=O) groups excluding carboxylic acids is 1. The maximum absolute atomic E-state index is 12.4. The maximum Gasteiger partial charge on any atom is 0.276 e. The fourth-order valence-corrected chi connectivity index (χ4v) is 2.21. The zero-order chi connectivity index (χ0) is 18.7. The van der Waals surface area contributed by atoms with Crippen molar-refractivity contribution >= 4 is 34.6 Å². The smallest absolute Gasteiger partial charge is 0.276 e. The summed E-state index contributed by atoms with van der Waals surface area (Å²) < 4.78 is 0. The van der Waals surface area contributed by atoms with E-state index in [1.807, 2.05) is 0 Å². The molecule has 1 amide bonds. The molecular formula is C15H14ClN7O2. The Morgan fingerprint density at radius 1 is 1.48 bits per heavy atom. The van der Waals surface area contributed by atoms with Crippen molar-refractivity contribution < 1.29 is 9.90 Å². The van der Waals surface area contributed by atoms with Gasteiger partial charge in [0.2, 0.25) is 5.49 Å². The number of anilines is 2. The number of hydrogen-bond donors (Lipinski definition) is 5. The summed E-state index contributed by atoms with van der Waals surface area (Å²) in [7, 11) is 0. The van der Waals surface area contributed by atoms with E-state index in [1.54, 1.807) is 0 Å². The number of rotatable bonds is 3. The minimum Gasteiger partial charge on any atom is -0.508 e. The summed E-state index contributed by atoms with van der Waals surface area (Å²) in [5.41, 5.74) is 6.36. The number of halogens is 1. The molecule has 9 nitrogen and oxygen atoms in total. The van der Waals surface area contributed by atoms with Gasteiger partial charge in [-0.3, -0.25) is 4.79 Å². The van der Waals surface area contributed by atoms with Crippen LogP contribution in [0.4, 0.5) is 11.4 Å². The van der Waals surface area contributed by atoms with Crippen molar-refractivity contribution in [2.24, 2.45) is 10.9 Å². The lowest BCUT2D eigenvalue weighted by Crippen LogP contribution is -2.35. The quantitative estimate of drug-likeness (QED) is 0.230. The molecule has 128 valence electrons. The fourth-order valence-electron chi connectivity index (χ4n) is 1.99. The van der Waals surface area contributed by atoms with Crippen LogP contribution in [0.15, 0.2) is 29.9 Å². The van der Waals surface area contributed by atoms with Gasteiger partial charge in [-0.15, -0.1) is 11.5 Å². The molecule has 0 aliphatic carbocycles. The zero-order valence-corrected chi connectivity index (χ0v) is 13.6. The Hall–Kier alpha value is -3.64. The number of benzene rings is 1. The average molecular weight is 360 g/mol. The third-order valence-electron chi connectivity index (χ3n) is 3.16. The van der Waals surface area contributed by atoms with Crippen molar-refractivity contribution in [1.82, 2.24) is 9.89 Å². The molecule has 1 aromatic carbocycles. The van der Waals surface area contributed by atoms with Gasteiger partial charge in [0.25, 0.3) is 5.91 Å². The second-order valence-electron chi connectivity index (χ2n) is 4.80. The van der Waals surface area contributed by atoms with Crippen LogP contribution in [0.25, 0.3) is 5.76 Å². The van der Waals surface area contributed by atoms with E-state index in [2.05, 4.69) is 28.0 Å². The highest BCUT2D eigenvalue weighted by Gasteiger charge is 2.16. The number of aromatic nitrogens is 2. The lowest BCUT2D eigenvalue weighted by Gasteiger charge is -2.12. The molecule has 25 heavy (non-hydrogen) atoms. The van der Waals surface area contributed by atoms with Gasteiger partial charge in [-0.1, -0.05) is 24.1 Å². The molecule has 2 aromatic rings. The van der Waals surface area contributed by atoms with Gasteiger partial charge >= 0.3 is 0 Å². The maximum atomic E-state index is 12.4. The first-order valence-corrected chi connectivity index (χ1v) is 7.04. The monoisotopic (exact) mass is 359 g/mol. The van der Waals surface area contributed by atoms with Crippen LogP contribution in [-0.4, -0.2) is 20.9 Å². The summed E-state index contributed by atoms with van der Waals surface area (Å²) >= 11 is 6.00. The predicted octanol–water partition coefficient (Wildman–Crippen LogP) is 0.369. The molecule has 0 aliphatic heterocycles. The van der Waals surface area contributed by atoms with Crippen molar-refractivity contribution in [2.75, 3.05) is 16.9 Å². The molecule has 10 heteroatoms. The highest BCUT2D eigenvalue weighted by Crippen LogP contribution is 2.28. The number of aliphatic hydroxyl groups excluding tert-OH is 1. The molecule has 1 aromatic heterocycles. The Morgan fingerprint density at radius 2 is 2.16 bits per heavy atom. The molecule has 2 rings (SSSR count). The Labute approximate surface area is 147 Å². The Balaban J connectivity index is 2.48. The van der Waals surface area contributed by atoms with Crippen molar-refractivity contribution in [1.29, 1.82) is 0 Å². The van der Waals surface area contributed by atoms with Crippen LogP contribution in [0.2, 0.25) is 5.02 Å². The molecule has 0 unspecified atom stereocenters. The first kappa shape index (κ1) is 17.7. The summed E-state index contributed by atoms with van der Waals surface area (Å²) in [6.07, 6.45) is 5.36. The van der Waals surface area contributed by atoms with Crippen LogP contribution in [0.3, 0.4) is 0 Å². The van der Waals surface area contributed by atoms with Crippen LogP contribution < -0.4 is 28.2 Å². The number of terminal acetylenes is 1. The van der Waals surface area contributed by atoms with E-state index in [0.717, 1.165) is 4.79 Å². The van der Waals surface area contributed by atoms with E-state index in [-0.39, 0.29) is 38.9 Å². The topological polar surface area (TPSA) is 158 Å². The van der Waals surface area contributed by atoms with E-state index in [1.165, 1.54) is 18.2 Å². The zero-order valence-electron chi connectivity index (χ0n) is 12.8. The molecule has 0 atom stereocenters. The third kappa shape index (κ3) is 3.49. The van der Waals surface area contributed by atoms with Crippen LogP contribution >= 0.6 is 11.6 Å². The molecule has 0 aliphatic rings. The molecule has 0 saturated heterocycles. The number of amides is 1. The van der Waals surface area contributed by atoms with E-state index in [9.17, 15) is 9.90 Å². The number of nitrogens with one attached hydrogen (secondary N) is 1. The number of hydrogen-bond acceptors (Lipinski definition) is 7. The van der Waals surface area contributed by atoms with Crippen molar-refractivity contribution in [3.05, 3.63) is 52.1 Å². The van der Waals surface area contributed by atoms with Gasteiger partial charge in [-0.2, -0.15) is 9.89 Å². The number of carbonyl (C=O) groups is 1. The van der Waals surface area contributed by atoms with E-state index in [4.69, 9.17) is 35.4 Å². The van der Waals surface area contributed by atoms with Gasteiger partial charge in [-0.25, -0.2) is 0 Å². The summed E-state index contributed by atoms with van der Waals surface area (Å²) in [6.45, 7) is 3.42. The fraction of sp³-hybridized carbons (Fsp3) is 0. The molecule has 8 N–H and O–H groups in total. The second-order valence-corrected chi connectivity index (χ2v) is 5.21. The standard InChI is InChI=1S/C15H14ClN7O2/c1-3-8-4-12(9(7(2)24)5-10(8)16)20-15(25)13-6-11(17)14(21-18)23(19)22-13/h1,4-6,24H,2,17-19H2,(H,20,25)/b21-14-. The van der Waals surface area contributed by atoms with E-state index >= 15 is 0 Å². The average Bonchev–Trinajstić information content (AvgIpc) is 2.55. The summed E-state index contributed by atoms with van der Waals surface area (Å²) in [4.78, 5) is 13.2.